The van der Waals surface area contributed by atoms with Crippen molar-refractivity contribution >= 4 is 42.6 Å². The van der Waals surface area contributed by atoms with E-state index in [4.69, 9.17) is 4.98 Å². The molecule has 0 aliphatic carbocycles. The number of anilines is 1. The summed E-state index contributed by atoms with van der Waals surface area (Å²) >= 11 is 1.42. The Labute approximate surface area is 202 Å². The predicted molar refractivity (Wildman–Crippen MR) is 133 cm³/mol. The van der Waals surface area contributed by atoms with Crippen molar-refractivity contribution in [3.8, 4) is 0 Å². The van der Waals surface area contributed by atoms with Gasteiger partial charge in [0.2, 0.25) is 15.9 Å². The molecule has 34 heavy (non-hydrogen) atoms. The van der Waals surface area contributed by atoms with E-state index >= 15 is 0 Å². The lowest BCUT2D eigenvalue weighted by Gasteiger charge is -2.28. The predicted octanol–water partition coefficient (Wildman–Crippen LogP) is 4.39. The van der Waals surface area contributed by atoms with E-state index in [0.717, 1.165) is 21.3 Å². The molecule has 0 bridgehead atoms. The summed E-state index contributed by atoms with van der Waals surface area (Å²) in [6, 6.07) is 17.4. The molecule has 2 aromatic heterocycles. The molecule has 4 aromatic rings. The molecule has 1 aliphatic heterocycles. The number of hydrogen-bond donors (Lipinski definition) is 0. The average molecular weight is 493 g/mol. The van der Waals surface area contributed by atoms with Gasteiger partial charge in [0.05, 0.1) is 21.7 Å². The highest BCUT2D eigenvalue weighted by atomic mass is 32.2. The number of sulfonamides is 1. The van der Waals surface area contributed by atoms with E-state index in [1.54, 1.807) is 41.6 Å². The van der Waals surface area contributed by atoms with Crippen LogP contribution in [-0.4, -0.2) is 41.2 Å². The van der Waals surface area contributed by atoms with E-state index in [1.165, 1.54) is 15.6 Å². The SMILES string of the molecule is Cc1ccc(S(=O)(=O)N2CCC[C@@H]2C(=O)N(Cc2cccnc2)c2nc3ccccc3s2)cc1. The largest absolute Gasteiger partial charge is 0.282 e. The van der Waals surface area contributed by atoms with Gasteiger partial charge in [0, 0.05) is 18.9 Å². The number of pyridine rings is 1. The lowest BCUT2D eigenvalue weighted by atomic mass is 10.2. The van der Waals surface area contributed by atoms with Crippen LogP contribution >= 0.6 is 11.3 Å². The molecular formula is C25H24N4O3S2. The van der Waals surface area contributed by atoms with Crippen molar-refractivity contribution in [2.45, 2.75) is 37.2 Å². The van der Waals surface area contributed by atoms with Crippen LogP contribution in [0.2, 0.25) is 0 Å². The Balaban J connectivity index is 1.51. The zero-order chi connectivity index (χ0) is 23.7. The lowest BCUT2D eigenvalue weighted by Crippen LogP contribution is -2.47. The highest BCUT2D eigenvalue weighted by Gasteiger charge is 2.42. The molecule has 1 atom stereocenters. The minimum atomic E-state index is -3.81. The van der Waals surface area contributed by atoms with Gasteiger partial charge in [-0.2, -0.15) is 4.31 Å². The van der Waals surface area contributed by atoms with Crippen LogP contribution in [0.4, 0.5) is 5.13 Å². The summed E-state index contributed by atoms with van der Waals surface area (Å²) in [6.07, 6.45) is 4.49. The van der Waals surface area contributed by atoms with E-state index < -0.39 is 16.1 Å². The summed E-state index contributed by atoms with van der Waals surface area (Å²) in [5, 5.41) is 0.551. The first kappa shape index (κ1) is 22.6. The second-order valence-electron chi connectivity index (χ2n) is 8.34. The summed E-state index contributed by atoms with van der Waals surface area (Å²) in [7, 11) is -3.81. The van der Waals surface area contributed by atoms with Gasteiger partial charge < -0.3 is 0 Å². The quantitative estimate of drug-likeness (QED) is 0.399. The van der Waals surface area contributed by atoms with Gasteiger partial charge in [0.25, 0.3) is 0 Å². The molecule has 0 radical (unpaired) electrons. The molecule has 1 fully saturated rings. The monoisotopic (exact) mass is 492 g/mol. The minimum absolute atomic E-state index is 0.205. The van der Waals surface area contributed by atoms with Crippen molar-refractivity contribution in [3.05, 3.63) is 84.2 Å². The van der Waals surface area contributed by atoms with Crippen LogP contribution in [0.3, 0.4) is 0 Å². The number of nitrogens with zero attached hydrogens (tertiary/aromatic N) is 4. The Morgan fingerprint density at radius 1 is 1.12 bits per heavy atom. The van der Waals surface area contributed by atoms with E-state index in [0.29, 0.717) is 24.5 Å². The Morgan fingerprint density at radius 3 is 2.65 bits per heavy atom. The minimum Gasteiger partial charge on any atom is -0.282 e. The molecule has 0 saturated carbocycles. The maximum Gasteiger partial charge on any atom is 0.247 e. The fraction of sp³-hybridized carbons (Fsp3) is 0.240. The third-order valence-corrected chi connectivity index (χ3v) is 8.94. The fourth-order valence-electron chi connectivity index (χ4n) is 4.19. The smallest absolute Gasteiger partial charge is 0.247 e. The Kier molecular flexibility index (Phi) is 6.16. The molecule has 2 aromatic carbocycles. The second kappa shape index (κ2) is 9.25. The van der Waals surface area contributed by atoms with Gasteiger partial charge >= 0.3 is 0 Å². The molecule has 1 aliphatic rings. The summed E-state index contributed by atoms with van der Waals surface area (Å²) in [4.78, 5) is 24.6. The van der Waals surface area contributed by atoms with Gasteiger partial charge in [0.15, 0.2) is 5.13 Å². The Hall–Kier alpha value is -3.14. The highest BCUT2D eigenvalue weighted by molar-refractivity contribution is 7.89. The first-order chi connectivity index (χ1) is 16.4. The zero-order valence-electron chi connectivity index (χ0n) is 18.7. The first-order valence-electron chi connectivity index (χ1n) is 11.1. The number of hydrogen-bond acceptors (Lipinski definition) is 6. The van der Waals surface area contributed by atoms with Crippen molar-refractivity contribution in [1.82, 2.24) is 14.3 Å². The third-order valence-electron chi connectivity index (χ3n) is 5.96. The van der Waals surface area contributed by atoms with Gasteiger partial charge in [-0.1, -0.05) is 47.2 Å². The molecular weight excluding hydrogens is 468 g/mol. The molecule has 0 unspecified atom stereocenters. The first-order valence-corrected chi connectivity index (χ1v) is 13.3. The van der Waals surface area contributed by atoms with Gasteiger partial charge in [-0.25, -0.2) is 13.4 Å². The molecule has 9 heteroatoms. The molecule has 3 heterocycles. The number of benzene rings is 2. The number of fused-ring (bicyclic) bond motifs is 1. The van der Waals surface area contributed by atoms with E-state index in [-0.39, 0.29) is 17.3 Å². The van der Waals surface area contributed by atoms with Crippen LogP contribution in [0.25, 0.3) is 10.2 Å². The summed E-state index contributed by atoms with van der Waals surface area (Å²) < 4.78 is 29.2. The van der Waals surface area contributed by atoms with Crippen molar-refractivity contribution in [3.63, 3.8) is 0 Å². The van der Waals surface area contributed by atoms with Crippen LogP contribution < -0.4 is 4.90 Å². The van der Waals surface area contributed by atoms with Gasteiger partial charge in [-0.3, -0.25) is 14.7 Å². The number of aromatic nitrogens is 2. The summed E-state index contributed by atoms with van der Waals surface area (Å²) in [5.41, 5.74) is 2.63. The van der Waals surface area contributed by atoms with Crippen molar-refractivity contribution < 1.29 is 13.2 Å². The van der Waals surface area contributed by atoms with Gasteiger partial charge in [-0.15, -0.1) is 0 Å². The number of rotatable bonds is 6. The molecule has 0 spiro atoms. The van der Waals surface area contributed by atoms with E-state index in [1.807, 2.05) is 43.3 Å². The number of amides is 1. The topological polar surface area (TPSA) is 83.5 Å². The number of aryl methyl sites for hydroxylation is 1. The maximum atomic E-state index is 13.9. The summed E-state index contributed by atoms with van der Waals surface area (Å²) in [6.45, 7) is 2.49. The van der Waals surface area contributed by atoms with Crippen LogP contribution in [0.5, 0.6) is 0 Å². The number of thiazole rings is 1. The highest BCUT2D eigenvalue weighted by Crippen LogP contribution is 2.33. The molecule has 1 saturated heterocycles. The number of carbonyl (C=O) groups excluding carboxylic acids is 1. The lowest BCUT2D eigenvalue weighted by molar-refractivity contribution is -0.121. The fourth-order valence-corrected chi connectivity index (χ4v) is 6.81. The van der Waals surface area contributed by atoms with Crippen molar-refractivity contribution in [2.75, 3.05) is 11.4 Å². The van der Waals surface area contributed by atoms with Crippen LogP contribution in [0.1, 0.15) is 24.0 Å². The van der Waals surface area contributed by atoms with Crippen LogP contribution in [-0.2, 0) is 21.4 Å². The molecule has 0 N–H and O–H groups in total. The van der Waals surface area contributed by atoms with Gasteiger partial charge in [0.1, 0.15) is 6.04 Å². The molecule has 1 amide bonds. The molecule has 7 nitrogen and oxygen atoms in total. The molecule has 174 valence electrons. The summed E-state index contributed by atoms with van der Waals surface area (Å²) in [5.74, 6) is -0.268. The van der Waals surface area contributed by atoms with Crippen molar-refractivity contribution in [1.29, 1.82) is 0 Å². The standard InChI is InChI=1S/C25H24N4O3S2/c1-18-10-12-20(13-11-18)34(31,32)29-15-5-8-22(29)24(30)28(17-19-6-4-14-26-16-19)25-27-21-7-2-3-9-23(21)33-25/h2-4,6-7,9-14,16,22H,5,8,15,17H2,1H3/t22-/m1/s1. The average Bonchev–Trinajstić information content (AvgIpc) is 3.51. The van der Waals surface area contributed by atoms with Crippen LogP contribution in [0, 0.1) is 6.92 Å². The normalized spacial score (nSPS) is 16.7. The van der Waals surface area contributed by atoms with Crippen molar-refractivity contribution in [2.24, 2.45) is 0 Å². The van der Waals surface area contributed by atoms with Gasteiger partial charge in [-0.05, 0) is 55.7 Å². The number of para-hydroxylation sites is 1. The van der Waals surface area contributed by atoms with E-state index in [2.05, 4.69) is 4.98 Å². The number of carbonyl (C=O) groups is 1. The zero-order valence-corrected chi connectivity index (χ0v) is 20.3. The second-order valence-corrected chi connectivity index (χ2v) is 11.2. The molecule has 5 rings (SSSR count). The Morgan fingerprint density at radius 2 is 1.91 bits per heavy atom. The maximum absolute atomic E-state index is 13.9. The van der Waals surface area contributed by atoms with E-state index in [9.17, 15) is 13.2 Å². The Bertz CT molecular complexity index is 1390. The van der Waals surface area contributed by atoms with Crippen LogP contribution in [0.15, 0.2) is 78.0 Å². The third kappa shape index (κ3) is 4.34.